The van der Waals surface area contributed by atoms with Gasteiger partial charge in [-0.3, -0.25) is 0 Å². The molecule has 0 fully saturated rings. The molecule has 3 aromatic rings. The monoisotopic (exact) mass is 417 g/mol. The number of ether oxygens (including phenoxy) is 2. The number of carbonyl (C=O) groups is 2. The summed E-state index contributed by atoms with van der Waals surface area (Å²) in [6, 6.07) is 21.2. The Morgan fingerprint density at radius 2 is 1.61 bits per heavy atom. The molecule has 0 bridgehead atoms. The minimum absolute atomic E-state index is 0.0106. The Labute approximate surface area is 180 Å². The minimum atomic E-state index is -1.00. The van der Waals surface area contributed by atoms with Crippen molar-refractivity contribution in [3.63, 3.8) is 0 Å². The number of alkyl carbamates (subject to hydrolysis) is 1. The Bertz CT molecular complexity index is 1080. The van der Waals surface area contributed by atoms with E-state index in [1.54, 1.807) is 19.1 Å². The van der Waals surface area contributed by atoms with Gasteiger partial charge in [0.1, 0.15) is 19.0 Å². The van der Waals surface area contributed by atoms with Crippen LogP contribution >= 0.6 is 0 Å². The zero-order chi connectivity index (χ0) is 21.8. The van der Waals surface area contributed by atoms with Crippen molar-refractivity contribution in [2.24, 2.45) is 0 Å². The van der Waals surface area contributed by atoms with E-state index in [2.05, 4.69) is 29.6 Å². The second-order valence-electron chi connectivity index (χ2n) is 7.38. The summed E-state index contributed by atoms with van der Waals surface area (Å²) in [7, 11) is 0. The van der Waals surface area contributed by atoms with Crippen LogP contribution < -0.4 is 10.1 Å². The van der Waals surface area contributed by atoms with Crippen LogP contribution in [-0.4, -0.2) is 36.9 Å². The predicted octanol–water partition coefficient (Wildman–Crippen LogP) is 4.61. The molecule has 3 aromatic carbocycles. The number of carboxylic acids is 1. The molecule has 6 heteroatoms. The van der Waals surface area contributed by atoms with E-state index in [9.17, 15) is 14.7 Å². The lowest BCUT2D eigenvalue weighted by molar-refractivity contribution is 0.0695. The van der Waals surface area contributed by atoms with E-state index in [0.717, 1.165) is 11.1 Å². The number of fused-ring (bicyclic) bond motifs is 3. The van der Waals surface area contributed by atoms with Gasteiger partial charge in [-0.05, 0) is 46.9 Å². The number of rotatable bonds is 7. The molecule has 1 amide bonds. The number of nitrogens with one attached hydrogen (secondary N) is 1. The summed E-state index contributed by atoms with van der Waals surface area (Å²) in [4.78, 5) is 23.4. The van der Waals surface area contributed by atoms with Crippen molar-refractivity contribution in [2.45, 2.75) is 12.8 Å². The number of benzene rings is 3. The number of hydrogen-bond acceptors (Lipinski definition) is 4. The second-order valence-corrected chi connectivity index (χ2v) is 7.38. The van der Waals surface area contributed by atoms with Crippen molar-refractivity contribution in [1.82, 2.24) is 5.32 Å². The third-order valence-electron chi connectivity index (χ3n) is 5.42. The molecule has 0 aliphatic heterocycles. The molecular weight excluding hydrogens is 394 g/mol. The fourth-order valence-electron chi connectivity index (χ4n) is 3.89. The maximum absolute atomic E-state index is 12.2. The molecule has 158 valence electrons. The quantitative estimate of drug-likeness (QED) is 0.549. The van der Waals surface area contributed by atoms with Gasteiger partial charge < -0.3 is 19.9 Å². The zero-order valence-corrected chi connectivity index (χ0v) is 17.1. The summed E-state index contributed by atoms with van der Waals surface area (Å²) in [6.07, 6.45) is -0.513. The number of hydrogen-bond donors (Lipinski definition) is 2. The molecular formula is C25H23NO5. The first-order valence-electron chi connectivity index (χ1n) is 10.1. The molecule has 0 saturated carbocycles. The van der Waals surface area contributed by atoms with Crippen LogP contribution in [0, 0.1) is 6.92 Å². The first-order valence-corrected chi connectivity index (χ1v) is 10.1. The number of carbonyl (C=O) groups excluding carboxylic acids is 1. The van der Waals surface area contributed by atoms with Crippen molar-refractivity contribution in [1.29, 1.82) is 0 Å². The smallest absolute Gasteiger partial charge is 0.407 e. The topological polar surface area (TPSA) is 84.9 Å². The molecule has 0 spiro atoms. The van der Waals surface area contributed by atoms with Gasteiger partial charge in [-0.1, -0.05) is 54.6 Å². The molecule has 0 unspecified atom stereocenters. The number of aromatic carboxylic acids is 1. The normalized spacial score (nSPS) is 12.0. The van der Waals surface area contributed by atoms with Gasteiger partial charge in [-0.15, -0.1) is 0 Å². The van der Waals surface area contributed by atoms with E-state index in [0.29, 0.717) is 11.3 Å². The first kappa shape index (κ1) is 20.5. The van der Waals surface area contributed by atoms with Gasteiger partial charge in [0.25, 0.3) is 0 Å². The summed E-state index contributed by atoms with van der Waals surface area (Å²) in [6.45, 7) is 2.42. The van der Waals surface area contributed by atoms with E-state index in [-0.39, 0.29) is 31.2 Å². The Balaban J connectivity index is 1.28. The molecule has 6 nitrogen and oxygen atoms in total. The van der Waals surface area contributed by atoms with Crippen molar-refractivity contribution in [3.8, 4) is 16.9 Å². The summed E-state index contributed by atoms with van der Waals surface area (Å²) >= 11 is 0. The molecule has 1 aliphatic rings. The van der Waals surface area contributed by atoms with Crippen molar-refractivity contribution in [3.05, 3.63) is 89.0 Å². The van der Waals surface area contributed by atoms with Crippen LogP contribution in [0.2, 0.25) is 0 Å². The van der Waals surface area contributed by atoms with Gasteiger partial charge in [0, 0.05) is 5.92 Å². The van der Waals surface area contributed by atoms with Gasteiger partial charge in [-0.2, -0.15) is 0 Å². The molecule has 1 aliphatic carbocycles. The van der Waals surface area contributed by atoms with Crippen LogP contribution in [0.4, 0.5) is 4.79 Å². The van der Waals surface area contributed by atoms with Crippen LogP contribution in [0.3, 0.4) is 0 Å². The molecule has 0 saturated heterocycles. The highest BCUT2D eigenvalue weighted by Crippen LogP contribution is 2.44. The summed E-state index contributed by atoms with van der Waals surface area (Å²) in [5, 5.41) is 11.8. The lowest BCUT2D eigenvalue weighted by Crippen LogP contribution is -2.29. The number of amides is 1. The third kappa shape index (κ3) is 4.38. The molecule has 0 heterocycles. The van der Waals surface area contributed by atoms with Gasteiger partial charge in [0.15, 0.2) is 0 Å². The van der Waals surface area contributed by atoms with Crippen molar-refractivity contribution < 1.29 is 24.2 Å². The van der Waals surface area contributed by atoms with Crippen LogP contribution in [0.25, 0.3) is 11.1 Å². The first-order chi connectivity index (χ1) is 15.0. The molecule has 0 aromatic heterocycles. The van der Waals surface area contributed by atoms with Gasteiger partial charge in [-0.25, -0.2) is 9.59 Å². The van der Waals surface area contributed by atoms with E-state index in [4.69, 9.17) is 9.47 Å². The Kier molecular flexibility index (Phi) is 5.89. The molecule has 2 N–H and O–H groups in total. The maximum Gasteiger partial charge on any atom is 0.407 e. The highest BCUT2D eigenvalue weighted by Gasteiger charge is 2.28. The standard InChI is InChI=1S/C25H23NO5/c1-16-10-11-17(14-22(16)24(27)28)30-13-12-26-25(29)31-15-23-20-8-4-2-6-18(20)19-7-3-5-9-21(19)23/h2-11,14,23H,12-13,15H2,1H3,(H,26,29)(H,27,28). The zero-order valence-electron chi connectivity index (χ0n) is 17.1. The van der Waals surface area contributed by atoms with Crippen molar-refractivity contribution >= 4 is 12.1 Å². The highest BCUT2D eigenvalue weighted by molar-refractivity contribution is 5.89. The van der Waals surface area contributed by atoms with Gasteiger partial charge in [0.2, 0.25) is 0 Å². The molecule has 4 rings (SSSR count). The van der Waals surface area contributed by atoms with Crippen LogP contribution in [0.5, 0.6) is 5.75 Å². The van der Waals surface area contributed by atoms with Crippen LogP contribution in [-0.2, 0) is 4.74 Å². The molecule has 0 radical (unpaired) electrons. The minimum Gasteiger partial charge on any atom is -0.492 e. The lowest BCUT2D eigenvalue weighted by atomic mass is 9.98. The predicted molar refractivity (Wildman–Crippen MR) is 117 cm³/mol. The van der Waals surface area contributed by atoms with Crippen LogP contribution in [0.1, 0.15) is 33.0 Å². The number of aryl methyl sites for hydroxylation is 1. The second kappa shape index (κ2) is 8.92. The molecule has 0 atom stereocenters. The highest BCUT2D eigenvalue weighted by atomic mass is 16.5. The number of carboxylic acid groups (broad SMARTS) is 1. The Morgan fingerprint density at radius 1 is 0.968 bits per heavy atom. The summed E-state index contributed by atoms with van der Waals surface area (Å²) in [5.74, 6) is -0.548. The Hall–Kier alpha value is -3.80. The summed E-state index contributed by atoms with van der Waals surface area (Å²) in [5.41, 5.74) is 5.54. The van der Waals surface area contributed by atoms with E-state index < -0.39 is 12.1 Å². The average Bonchev–Trinajstić information content (AvgIpc) is 3.10. The van der Waals surface area contributed by atoms with Gasteiger partial charge in [0.05, 0.1) is 12.1 Å². The molecule has 31 heavy (non-hydrogen) atoms. The van der Waals surface area contributed by atoms with E-state index in [1.807, 2.05) is 24.3 Å². The average molecular weight is 417 g/mol. The third-order valence-corrected chi connectivity index (χ3v) is 5.42. The largest absolute Gasteiger partial charge is 0.492 e. The fourth-order valence-corrected chi connectivity index (χ4v) is 3.89. The Morgan fingerprint density at radius 3 is 2.26 bits per heavy atom. The maximum atomic E-state index is 12.2. The van der Waals surface area contributed by atoms with E-state index in [1.165, 1.54) is 17.2 Å². The van der Waals surface area contributed by atoms with E-state index >= 15 is 0 Å². The van der Waals surface area contributed by atoms with Crippen LogP contribution in [0.15, 0.2) is 66.7 Å². The SMILES string of the molecule is Cc1ccc(OCCNC(=O)OCC2c3ccccc3-c3ccccc32)cc1C(=O)O. The van der Waals surface area contributed by atoms with Crippen molar-refractivity contribution in [2.75, 3.05) is 19.8 Å². The lowest BCUT2D eigenvalue weighted by Gasteiger charge is -2.15. The van der Waals surface area contributed by atoms with Gasteiger partial charge >= 0.3 is 12.1 Å². The fraction of sp³-hybridized carbons (Fsp3) is 0.200. The summed E-state index contributed by atoms with van der Waals surface area (Å²) < 4.78 is 11.0.